The molecule has 0 aliphatic carbocycles. The molecule has 2 aromatic carbocycles. The smallest absolute Gasteiger partial charge is 0.0512 e. The van der Waals surface area contributed by atoms with Gasteiger partial charge in [-0.25, -0.2) is 0 Å². The van der Waals surface area contributed by atoms with Gasteiger partial charge in [-0.2, -0.15) is 0 Å². The summed E-state index contributed by atoms with van der Waals surface area (Å²) < 4.78 is 0. The first-order valence-corrected chi connectivity index (χ1v) is 8.48. The number of aliphatic hydroxyl groups excluding tert-OH is 1. The zero-order valence-electron chi connectivity index (χ0n) is 13.8. The molecule has 1 aliphatic heterocycles. The van der Waals surface area contributed by atoms with Crippen LogP contribution in [0.4, 0.5) is 0 Å². The van der Waals surface area contributed by atoms with Crippen LogP contribution in [0, 0.1) is 6.92 Å². The molecule has 23 heavy (non-hydrogen) atoms. The highest BCUT2D eigenvalue weighted by Gasteiger charge is 2.20. The van der Waals surface area contributed by atoms with Crippen LogP contribution in [-0.4, -0.2) is 49.3 Å². The Morgan fingerprint density at radius 3 is 2.35 bits per heavy atom. The highest BCUT2D eigenvalue weighted by Crippen LogP contribution is 2.31. The van der Waals surface area contributed by atoms with E-state index in [0.717, 1.165) is 32.7 Å². The summed E-state index contributed by atoms with van der Waals surface area (Å²) in [5, 5.41) is 13.4. The second-order valence-electron chi connectivity index (χ2n) is 6.33. The zero-order chi connectivity index (χ0) is 16.1. The molecule has 3 nitrogen and oxygen atoms in total. The summed E-state index contributed by atoms with van der Waals surface area (Å²) in [5.74, 6) is 0.156. The number of piperazine rings is 1. The molecule has 3 heteroatoms. The lowest BCUT2D eigenvalue weighted by Gasteiger charge is -2.31. The Morgan fingerprint density at radius 2 is 1.65 bits per heavy atom. The van der Waals surface area contributed by atoms with Gasteiger partial charge < -0.3 is 15.3 Å². The molecule has 0 spiro atoms. The highest BCUT2D eigenvalue weighted by molar-refractivity contribution is 5.71. The second kappa shape index (κ2) is 7.73. The SMILES string of the molecule is Cc1ccccc1-c1ccccc1C(CO)CN1CCNCC1. The third-order valence-corrected chi connectivity index (χ3v) is 4.74. The molecule has 122 valence electrons. The van der Waals surface area contributed by atoms with Gasteiger partial charge in [0, 0.05) is 38.6 Å². The van der Waals surface area contributed by atoms with Crippen molar-refractivity contribution in [1.29, 1.82) is 0 Å². The fourth-order valence-corrected chi connectivity index (χ4v) is 3.43. The minimum Gasteiger partial charge on any atom is -0.396 e. The van der Waals surface area contributed by atoms with E-state index in [0.29, 0.717) is 0 Å². The molecule has 1 fully saturated rings. The lowest BCUT2D eigenvalue weighted by Crippen LogP contribution is -2.45. The quantitative estimate of drug-likeness (QED) is 0.891. The van der Waals surface area contributed by atoms with E-state index in [1.165, 1.54) is 22.3 Å². The molecular weight excluding hydrogens is 284 g/mol. The zero-order valence-corrected chi connectivity index (χ0v) is 13.8. The number of aryl methyl sites for hydroxylation is 1. The number of benzene rings is 2. The molecule has 1 unspecified atom stereocenters. The second-order valence-corrected chi connectivity index (χ2v) is 6.33. The summed E-state index contributed by atoms with van der Waals surface area (Å²) in [7, 11) is 0. The van der Waals surface area contributed by atoms with Crippen LogP contribution < -0.4 is 5.32 Å². The van der Waals surface area contributed by atoms with E-state index in [2.05, 4.69) is 65.7 Å². The van der Waals surface area contributed by atoms with Crippen molar-refractivity contribution in [3.05, 3.63) is 59.7 Å². The predicted molar refractivity (Wildman–Crippen MR) is 95.8 cm³/mol. The summed E-state index contributed by atoms with van der Waals surface area (Å²) in [5.41, 5.74) is 5.04. The van der Waals surface area contributed by atoms with E-state index in [9.17, 15) is 5.11 Å². The molecule has 0 saturated carbocycles. The Labute approximate surface area is 139 Å². The van der Waals surface area contributed by atoms with Crippen LogP contribution in [0.5, 0.6) is 0 Å². The van der Waals surface area contributed by atoms with Crippen molar-refractivity contribution in [2.45, 2.75) is 12.8 Å². The number of nitrogens with zero attached hydrogens (tertiary/aromatic N) is 1. The van der Waals surface area contributed by atoms with Crippen molar-refractivity contribution in [3.8, 4) is 11.1 Å². The van der Waals surface area contributed by atoms with Crippen LogP contribution >= 0.6 is 0 Å². The van der Waals surface area contributed by atoms with E-state index < -0.39 is 0 Å². The first-order valence-electron chi connectivity index (χ1n) is 8.48. The first kappa shape index (κ1) is 16.2. The highest BCUT2D eigenvalue weighted by atomic mass is 16.3. The molecule has 1 atom stereocenters. The van der Waals surface area contributed by atoms with Gasteiger partial charge in [-0.3, -0.25) is 0 Å². The number of aliphatic hydroxyl groups is 1. The van der Waals surface area contributed by atoms with Crippen LogP contribution in [0.1, 0.15) is 17.0 Å². The lowest BCUT2D eigenvalue weighted by molar-refractivity contribution is 0.186. The van der Waals surface area contributed by atoms with Gasteiger partial charge in [-0.05, 0) is 29.2 Å². The van der Waals surface area contributed by atoms with E-state index in [1.54, 1.807) is 0 Å². The molecule has 1 heterocycles. The third kappa shape index (κ3) is 3.81. The number of hydrogen-bond donors (Lipinski definition) is 2. The molecule has 0 aromatic heterocycles. The van der Waals surface area contributed by atoms with Crippen molar-refractivity contribution in [3.63, 3.8) is 0 Å². The normalized spacial score (nSPS) is 17.1. The Kier molecular flexibility index (Phi) is 5.44. The fourth-order valence-electron chi connectivity index (χ4n) is 3.43. The standard InChI is InChI=1S/C20H26N2O/c1-16-6-2-3-7-18(16)20-9-5-4-8-19(20)17(15-23)14-22-12-10-21-11-13-22/h2-9,17,21,23H,10-15H2,1H3. The summed E-state index contributed by atoms with van der Waals surface area (Å²) >= 11 is 0. The fraction of sp³-hybridized carbons (Fsp3) is 0.400. The molecule has 0 radical (unpaired) electrons. The predicted octanol–water partition coefficient (Wildman–Crippen LogP) is 2.64. The summed E-state index contributed by atoms with van der Waals surface area (Å²) in [6.07, 6.45) is 0. The van der Waals surface area contributed by atoms with Crippen molar-refractivity contribution < 1.29 is 5.11 Å². The minimum absolute atomic E-state index is 0.156. The van der Waals surface area contributed by atoms with Crippen molar-refractivity contribution in [1.82, 2.24) is 10.2 Å². The third-order valence-electron chi connectivity index (χ3n) is 4.74. The largest absolute Gasteiger partial charge is 0.396 e. The molecule has 0 bridgehead atoms. The average molecular weight is 310 g/mol. The van der Waals surface area contributed by atoms with Gasteiger partial charge in [-0.15, -0.1) is 0 Å². The summed E-state index contributed by atoms with van der Waals surface area (Å²) in [6.45, 7) is 7.45. The maximum Gasteiger partial charge on any atom is 0.0512 e. The number of nitrogens with one attached hydrogen (secondary N) is 1. The Hall–Kier alpha value is -1.68. The van der Waals surface area contributed by atoms with Gasteiger partial charge in [0.15, 0.2) is 0 Å². The van der Waals surface area contributed by atoms with Crippen LogP contribution in [0.3, 0.4) is 0 Å². The van der Waals surface area contributed by atoms with E-state index >= 15 is 0 Å². The topological polar surface area (TPSA) is 35.5 Å². The minimum atomic E-state index is 0.156. The van der Waals surface area contributed by atoms with Gasteiger partial charge in [-0.1, -0.05) is 48.5 Å². The maximum absolute atomic E-state index is 10.0. The molecule has 1 saturated heterocycles. The Balaban J connectivity index is 1.90. The van der Waals surface area contributed by atoms with E-state index in [4.69, 9.17) is 0 Å². The van der Waals surface area contributed by atoms with Crippen molar-refractivity contribution in [2.75, 3.05) is 39.3 Å². The van der Waals surface area contributed by atoms with E-state index in [1.807, 2.05) is 0 Å². The number of rotatable bonds is 5. The van der Waals surface area contributed by atoms with Gasteiger partial charge in [0.1, 0.15) is 0 Å². The molecule has 2 aromatic rings. The number of hydrogen-bond acceptors (Lipinski definition) is 3. The monoisotopic (exact) mass is 310 g/mol. The first-order chi connectivity index (χ1) is 11.3. The maximum atomic E-state index is 10.0. The van der Waals surface area contributed by atoms with Crippen LogP contribution in [0.25, 0.3) is 11.1 Å². The molecule has 3 rings (SSSR count). The molecule has 0 amide bonds. The lowest BCUT2D eigenvalue weighted by atomic mass is 9.89. The molecule has 1 aliphatic rings. The average Bonchev–Trinajstić information content (AvgIpc) is 2.61. The van der Waals surface area contributed by atoms with Crippen LogP contribution in [-0.2, 0) is 0 Å². The Bertz CT molecular complexity index is 635. The van der Waals surface area contributed by atoms with Crippen LogP contribution in [0.15, 0.2) is 48.5 Å². The summed E-state index contributed by atoms with van der Waals surface area (Å²) in [6, 6.07) is 17.0. The molecule has 2 N–H and O–H groups in total. The van der Waals surface area contributed by atoms with Crippen molar-refractivity contribution in [2.24, 2.45) is 0 Å². The Morgan fingerprint density at radius 1 is 1.00 bits per heavy atom. The molecular formula is C20H26N2O. The van der Waals surface area contributed by atoms with Gasteiger partial charge >= 0.3 is 0 Å². The van der Waals surface area contributed by atoms with Gasteiger partial charge in [0.05, 0.1) is 6.61 Å². The van der Waals surface area contributed by atoms with Gasteiger partial charge in [0.25, 0.3) is 0 Å². The van der Waals surface area contributed by atoms with Crippen molar-refractivity contribution >= 4 is 0 Å². The van der Waals surface area contributed by atoms with E-state index in [-0.39, 0.29) is 12.5 Å². The summed E-state index contributed by atoms with van der Waals surface area (Å²) in [4.78, 5) is 2.45. The van der Waals surface area contributed by atoms with Gasteiger partial charge in [0.2, 0.25) is 0 Å². The van der Waals surface area contributed by atoms with Crippen LogP contribution in [0.2, 0.25) is 0 Å².